The lowest BCUT2D eigenvalue weighted by atomic mass is 9.85. The van der Waals surface area contributed by atoms with Crippen LogP contribution in [0.15, 0.2) is 48.5 Å². The van der Waals surface area contributed by atoms with E-state index >= 15 is 0 Å². The third kappa shape index (κ3) is 3.83. The highest BCUT2D eigenvalue weighted by Gasteiger charge is 2.54. The van der Waals surface area contributed by atoms with E-state index in [9.17, 15) is 14.4 Å². The number of carbonyl (C=O) groups is 3. The van der Waals surface area contributed by atoms with Crippen molar-refractivity contribution >= 4 is 23.4 Å². The van der Waals surface area contributed by atoms with Crippen LogP contribution in [0.25, 0.3) is 0 Å². The number of likely N-dealkylation sites (tertiary alicyclic amines) is 2. The Morgan fingerprint density at radius 3 is 2.33 bits per heavy atom. The Morgan fingerprint density at radius 1 is 0.861 bits per heavy atom. The van der Waals surface area contributed by atoms with Gasteiger partial charge in [0.05, 0.1) is 6.67 Å². The highest BCUT2D eigenvalue weighted by Crippen LogP contribution is 2.40. The first-order valence-corrected chi connectivity index (χ1v) is 12.6. The molecular formula is C27H30N4O5. The predicted octanol–water partition coefficient (Wildman–Crippen LogP) is 2.32. The fraction of sp³-hybridized carbons (Fsp3) is 0.444. The van der Waals surface area contributed by atoms with E-state index in [-0.39, 0.29) is 31.1 Å². The summed E-state index contributed by atoms with van der Waals surface area (Å²) in [6, 6.07) is 15.1. The second-order valence-electron chi connectivity index (χ2n) is 9.89. The summed E-state index contributed by atoms with van der Waals surface area (Å²) in [6.07, 6.45) is 3.05. The first-order valence-electron chi connectivity index (χ1n) is 12.6. The maximum absolute atomic E-state index is 13.9. The molecule has 2 aromatic rings. The Bertz CT molecular complexity index is 1170. The molecule has 0 radical (unpaired) electrons. The number of para-hydroxylation sites is 1. The summed E-state index contributed by atoms with van der Waals surface area (Å²) in [7, 11) is 0. The van der Waals surface area contributed by atoms with Crippen molar-refractivity contribution in [3.05, 3.63) is 54.1 Å². The highest BCUT2D eigenvalue weighted by atomic mass is 16.7. The topological polar surface area (TPSA) is 82.6 Å². The van der Waals surface area contributed by atoms with Gasteiger partial charge in [0, 0.05) is 37.4 Å². The van der Waals surface area contributed by atoms with Crippen LogP contribution in [0, 0.1) is 0 Å². The molecule has 4 heterocycles. The molecule has 1 spiro atoms. The monoisotopic (exact) mass is 490 g/mol. The van der Waals surface area contributed by atoms with Gasteiger partial charge in [0.25, 0.3) is 11.8 Å². The van der Waals surface area contributed by atoms with Crippen LogP contribution in [0.3, 0.4) is 0 Å². The van der Waals surface area contributed by atoms with Crippen LogP contribution in [0.1, 0.15) is 36.0 Å². The van der Waals surface area contributed by atoms with Crippen molar-refractivity contribution in [2.45, 2.75) is 31.2 Å². The Kier molecular flexibility index (Phi) is 5.70. The van der Waals surface area contributed by atoms with Gasteiger partial charge in [-0.2, -0.15) is 0 Å². The number of benzene rings is 2. The number of fused-ring (bicyclic) bond motifs is 1. The number of ether oxygens (including phenoxy) is 2. The molecule has 0 atom stereocenters. The smallest absolute Gasteiger partial charge is 0.253 e. The molecule has 3 saturated heterocycles. The van der Waals surface area contributed by atoms with E-state index in [0.29, 0.717) is 49.7 Å². The van der Waals surface area contributed by atoms with Crippen LogP contribution in [0.4, 0.5) is 5.69 Å². The summed E-state index contributed by atoms with van der Waals surface area (Å²) in [5.41, 5.74) is 0.737. The Hall–Kier alpha value is -3.75. The van der Waals surface area contributed by atoms with E-state index in [1.807, 2.05) is 35.2 Å². The van der Waals surface area contributed by atoms with Gasteiger partial charge in [-0.3, -0.25) is 14.4 Å². The molecule has 6 rings (SSSR count). The van der Waals surface area contributed by atoms with Crippen LogP contribution < -0.4 is 14.4 Å². The van der Waals surface area contributed by atoms with Gasteiger partial charge in [-0.05, 0) is 56.0 Å². The lowest BCUT2D eigenvalue weighted by molar-refractivity contribution is -0.140. The molecule has 4 aliphatic heterocycles. The lowest BCUT2D eigenvalue weighted by Gasteiger charge is -2.43. The lowest BCUT2D eigenvalue weighted by Crippen LogP contribution is -2.57. The maximum atomic E-state index is 13.9. The molecule has 0 aliphatic carbocycles. The molecule has 188 valence electrons. The van der Waals surface area contributed by atoms with E-state index in [4.69, 9.17) is 9.47 Å². The van der Waals surface area contributed by atoms with Gasteiger partial charge < -0.3 is 29.1 Å². The molecule has 0 aromatic heterocycles. The summed E-state index contributed by atoms with van der Waals surface area (Å²) in [5, 5.41) is 0. The van der Waals surface area contributed by atoms with Crippen molar-refractivity contribution in [2.24, 2.45) is 0 Å². The number of rotatable bonds is 4. The quantitative estimate of drug-likeness (QED) is 0.654. The molecule has 3 amide bonds. The number of hydrogen-bond acceptors (Lipinski definition) is 6. The maximum Gasteiger partial charge on any atom is 0.253 e. The Labute approximate surface area is 210 Å². The highest BCUT2D eigenvalue weighted by molar-refractivity contribution is 5.98. The van der Waals surface area contributed by atoms with E-state index < -0.39 is 5.54 Å². The minimum absolute atomic E-state index is 0.0151. The molecule has 0 saturated carbocycles. The van der Waals surface area contributed by atoms with Crippen molar-refractivity contribution < 1.29 is 23.9 Å². The third-order valence-electron chi connectivity index (χ3n) is 7.86. The molecular weight excluding hydrogens is 460 g/mol. The normalized spacial score (nSPS) is 20.5. The van der Waals surface area contributed by atoms with Crippen molar-refractivity contribution in [1.82, 2.24) is 14.7 Å². The van der Waals surface area contributed by atoms with Gasteiger partial charge in [-0.15, -0.1) is 0 Å². The summed E-state index contributed by atoms with van der Waals surface area (Å²) >= 11 is 0. The fourth-order valence-electron chi connectivity index (χ4n) is 5.84. The molecule has 9 heteroatoms. The minimum atomic E-state index is -0.766. The molecule has 36 heavy (non-hydrogen) atoms. The summed E-state index contributed by atoms with van der Waals surface area (Å²) in [6.45, 7) is 3.08. The van der Waals surface area contributed by atoms with Crippen LogP contribution in [0.2, 0.25) is 0 Å². The van der Waals surface area contributed by atoms with Crippen LogP contribution in [-0.2, 0) is 9.59 Å². The number of anilines is 1. The van der Waals surface area contributed by atoms with E-state index in [1.54, 1.807) is 28.0 Å². The molecule has 0 N–H and O–H groups in total. The van der Waals surface area contributed by atoms with Crippen molar-refractivity contribution in [1.29, 1.82) is 0 Å². The Morgan fingerprint density at radius 2 is 1.58 bits per heavy atom. The van der Waals surface area contributed by atoms with Gasteiger partial charge in [-0.1, -0.05) is 18.2 Å². The standard InChI is InChI=1S/C27H30N4O5/c32-24(28-12-4-5-13-28)17-30-18-31(21-6-2-1-3-7-21)27(26(30)34)10-14-29(15-11-27)25(33)20-8-9-22-23(16-20)36-19-35-22/h1-3,6-9,16H,4-5,10-15,17-19H2. The molecule has 0 bridgehead atoms. The predicted molar refractivity (Wildman–Crippen MR) is 132 cm³/mol. The Balaban J connectivity index is 1.21. The SMILES string of the molecule is O=C(CN1CN(c2ccccc2)C2(CCN(C(=O)c3ccc4c(c3)OCO4)CC2)C1=O)N1CCCC1. The van der Waals surface area contributed by atoms with Gasteiger partial charge in [0.15, 0.2) is 11.5 Å². The van der Waals surface area contributed by atoms with E-state index in [0.717, 1.165) is 31.6 Å². The summed E-state index contributed by atoms with van der Waals surface area (Å²) in [4.78, 5) is 47.5. The van der Waals surface area contributed by atoms with Crippen LogP contribution in [-0.4, -0.2) is 84.1 Å². The van der Waals surface area contributed by atoms with E-state index in [2.05, 4.69) is 4.90 Å². The molecule has 0 unspecified atom stereocenters. The summed E-state index contributed by atoms with van der Waals surface area (Å²) in [5.74, 6) is 1.13. The average Bonchev–Trinajstić information content (AvgIpc) is 3.67. The van der Waals surface area contributed by atoms with Crippen molar-refractivity contribution in [3.63, 3.8) is 0 Å². The number of nitrogens with zero attached hydrogens (tertiary/aromatic N) is 4. The van der Waals surface area contributed by atoms with Crippen LogP contribution in [0.5, 0.6) is 11.5 Å². The third-order valence-corrected chi connectivity index (χ3v) is 7.86. The van der Waals surface area contributed by atoms with Gasteiger partial charge in [0.1, 0.15) is 12.1 Å². The fourth-order valence-corrected chi connectivity index (χ4v) is 5.84. The first-order chi connectivity index (χ1) is 17.5. The van der Waals surface area contributed by atoms with Gasteiger partial charge >= 0.3 is 0 Å². The minimum Gasteiger partial charge on any atom is -0.454 e. The largest absolute Gasteiger partial charge is 0.454 e. The molecule has 4 aliphatic rings. The molecule has 2 aromatic carbocycles. The zero-order chi connectivity index (χ0) is 24.7. The summed E-state index contributed by atoms with van der Waals surface area (Å²) < 4.78 is 10.8. The molecule has 3 fully saturated rings. The number of carbonyl (C=O) groups excluding carboxylic acids is 3. The van der Waals surface area contributed by atoms with Crippen molar-refractivity contribution in [3.8, 4) is 11.5 Å². The second kappa shape index (κ2) is 9.04. The zero-order valence-corrected chi connectivity index (χ0v) is 20.2. The first kappa shape index (κ1) is 22.7. The van der Waals surface area contributed by atoms with E-state index in [1.165, 1.54) is 0 Å². The van der Waals surface area contributed by atoms with Gasteiger partial charge in [0.2, 0.25) is 12.7 Å². The van der Waals surface area contributed by atoms with Crippen molar-refractivity contribution in [2.75, 3.05) is 51.1 Å². The van der Waals surface area contributed by atoms with Crippen LogP contribution >= 0.6 is 0 Å². The zero-order valence-electron chi connectivity index (χ0n) is 20.2. The molecule has 9 nitrogen and oxygen atoms in total. The van der Waals surface area contributed by atoms with Gasteiger partial charge in [-0.25, -0.2) is 0 Å². The number of piperidine rings is 1. The number of hydrogen-bond donors (Lipinski definition) is 0. The second-order valence-corrected chi connectivity index (χ2v) is 9.89. The number of amides is 3. The average molecular weight is 491 g/mol.